The largest absolute Gasteiger partial charge is 0.319 e. The minimum Gasteiger partial charge on any atom is -0.319 e. The second kappa shape index (κ2) is 7.60. The van der Waals surface area contributed by atoms with Crippen LogP contribution in [0.3, 0.4) is 0 Å². The van der Waals surface area contributed by atoms with Gasteiger partial charge in [-0.05, 0) is 36.4 Å². The summed E-state index contributed by atoms with van der Waals surface area (Å²) in [6.07, 6.45) is 0. The summed E-state index contributed by atoms with van der Waals surface area (Å²) in [5.41, 5.74) is 6.55. The van der Waals surface area contributed by atoms with Crippen LogP contribution >= 0.6 is 0 Å². The van der Waals surface area contributed by atoms with E-state index in [1.165, 1.54) is 0 Å². The molecule has 7 aromatic rings. The quantitative estimate of drug-likeness (QED) is 0.240. The number of hydrogen-bond donors (Lipinski definition) is 0. The highest BCUT2D eigenvalue weighted by Crippen LogP contribution is 2.39. The standard InChI is InChI=1S/C32H18N4/c1-34-26-18-21(20-33)31(35-27-14-6-2-10-22(27)23-11-3-7-15-28(23)35)19-32(26)36-29-16-8-4-12-24(29)25-13-5-9-17-30(25)36/h2-19H. The highest BCUT2D eigenvalue weighted by molar-refractivity contribution is 6.11. The van der Waals surface area contributed by atoms with Crippen LogP contribution in [0, 0.1) is 17.9 Å². The average Bonchev–Trinajstić information content (AvgIpc) is 3.45. The SMILES string of the molecule is [C-]#[N+]c1cc(C#N)c(-n2c3ccccc3c3ccccc32)cc1-n1c2ccccc2c2ccccc21. The predicted octanol–water partition coefficient (Wildman–Crippen LogP) is 8.30. The zero-order valence-electron chi connectivity index (χ0n) is 19.2. The summed E-state index contributed by atoms with van der Waals surface area (Å²) in [5, 5.41) is 14.7. The first kappa shape index (κ1) is 20.1. The lowest BCUT2D eigenvalue weighted by Gasteiger charge is -2.16. The minimum absolute atomic E-state index is 0.447. The van der Waals surface area contributed by atoms with Crippen molar-refractivity contribution in [2.24, 2.45) is 0 Å². The van der Waals surface area contributed by atoms with E-state index in [-0.39, 0.29) is 0 Å². The van der Waals surface area contributed by atoms with Crippen LogP contribution in [0.1, 0.15) is 5.56 Å². The van der Waals surface area contributed by atoms with Gasteiger partial charge in [-0.2, -0.15) is 5.26 Å². The molecule has 0 fully saturated rings. The Kier molecular flexibility index (Phi) is 4.24. The van der Waals surface area contributed by atoms with E-state index < -0.39 is 0 Å². The van der Waals surface area contributed by atoms with Gasteiger partial charge in [0.05, 0.1) is 51.6 Å². The van der Waals surface area contributed by atoms with Gasteiger partial charge in [0.25, 0.3) is 0 Å². The molecule has 0 aliphatic heterocycles. The smallest absolute Gasteiger partial charge is 0.212 e. The number of fused-ring (bicyclic) bond motifs is 6. The number of para-hydroxylation sites is 4. The van der Waals surface area contributed by atoms with Crippen molar-refractivity contribution < 1.29 is 0 Å². The van der Waals surface area contributed by atoms with E-state index in [9.17, 15) is 5.26 Å². The summed E-state index contributed by atoms with van der Waals surface area (Å²) in [5.74, 6) is 0. The summed E-state index contributed by atoms with van der Waals surface area (Å²) < 4.78 is 4.30. The Bertz CT molecular complexity index is 1820. The highest BCUT2D eigenvalue weighted by atomic mass is 15.0. The van der Waals surface area contributed by atoms with E-state index in [1.807, 2.05) is 54.6 Å². The van der Waals surface area contributed by atoms with Gasteiger partial charge in [-0.1, -0.05) is 72.8 Å². The van der Waals surface area contributed by atoms with Crippen LogP contribution in [-0.2, 0) is 0 Å². The molecule has 7 rings (SSSR count). The zero-order valence-corrected chi connectivity index (χ0v) is 19.2. The van der Waals surface area contributed by atoms with Crippen LogP contribution in [0.4, 0.5) is 5.69 Å². The molecule has 5 aromatic carbocycles. The molecule has 4 heteroatoms. The van der Waals surface area contributed by atoms with Gasteiger partial charge in [-0.25, -0.2) is 4.85 Å². The fraction of sp³-hybridized carbons (Fsp3) is 0. The first-order valence-electron chi connectivity index (χ1n) is 11.7. The lowest BCUT2D eigenvalue weighted by molar-refractivity contribution is 1.13. The summed E-state index contributed by atoms with van der Waals surface area (Å²) in [4.78, 5) is 3.86. The molecule has 166 valence electrons. The molecule has 0 N–H and O–H groups in total. The fourth-order valence-electron chi connectivity index (χ4n) is 5.47. The monoisotopic (exact) mass is 458 g/mol. The minimum atomic E-state index is 0.447. The van der Waals surface area contributed by atoms with Crippen LogP contribution in [0.5, 0.6) is 0 Å². The van der Waals surface area contributed by atoms with E-state index in [2.05, 4.69) is 68.6 Å². The van der Waals surface area contributed by atoms with Gasteiger partial charge in [0, 0.05) is 21.5 Å². The number of benzene rings is 5. The molecule has 0 radical (unpaired) electrons. The third kappa shape index (κ3) is 2.67. The molecule has 0 aliphatic carbocycles. The van der Waals surface area contributed by atoms with E-state index in [4.69, 9.17) is 6.57 Å². The molecule has 0 bridgehead atoms. The van der Waals surface area contributed by atoms with Crippen molar-refractivity contribution in [2.45, 2.75) is 0 Å². The Balaban J connectivity index is 1.65. The second-order valence-corrected chi connectivity index (χ2v) is 8.82. The van der Waals surface area contributed by atoms with Crippen LogP contribution < -0.4 is 0 Å². The predicted molar refractivity (Wildman–Crippen MR) is 146 cm³/mol. The van der Waals surface area contributed by atoms with Crippen LogP contribution in [0.2, 0.25) is 0 Å². The van der Waals surface area contributed by atoms with Crippen molar-refractivity contribution in [2.75, 3.05) is 0 Å². The Morgan fingerprint density at radius 1 is 0.556 bits per heavy atom. The summed E-state index contributed by atoms with van der Waals surface area (Å²) in [6, 6.07) is 39.1. The highest BCUT2D eigenvalue weighted by Gasteiger charge is 2.20. The van der Waals surface area contributed by atoms with Crippen LogP contribution in [0.25, 0.3) is 59.8 Å². The number of rotatable bonds is 2. The van der Waals surface area contributed by atoms with Crippen molar-refractivity contribution in [3.63, 3.8) is 0 Å². The maximum atomic E-state index is 10.2. The van der Waals surface area contributed by atoms with E-state index in [0.717, 1.165) is 55.0 Å². The van der Waals surface area contributed by atoms with Gasteiger partial charge in [0.1, 0.15) is 0 Å². The van der Waals surface area contributed by atoms with E-state index in [1.54, 1.807) is 6.07 Å². The Morgan fingerprint density at radius 2 is 0.944 bits per heavy atom. The maximum Gasteiger partial charge on any atom is 0.212 e. The van der Waals surface area contributed by atoms with Gasteiger partial charge in [-0.3, -0.25) is 0 Å². The van der Waals surface area contributed by atoms with Crippen molar-refractivity contribution >= 4 is 49.3 Å². The van der Waals surface area contributed by atoms with Gasteiger partial charge >= 0.3 is 0 Å². The van der Waals surface area contributed by atoms with Crippen LogP contribution in [-0.4, -0.2) is 9.13 Å². The lowest BCUT2D eigenvalue weighted by atomic mass is 10.1. The second-order valence-electron chi connectivity index (χ2n) is 8.82. The zero-order chi connectivity index (χ0) is 24.2. The number of nitriles is 1. The third-order valence-corrected chi connectivity index (χ3v) is 6.98. The normalized spacial score (nSPS) is 11.3. The van der Waals surface area contributed by atoms with Gasteiger partial charge in [-0.15, -0.1) is 0 Å². The molecular weight excluding hydrogens is 440 g/mol. The number of nitrogens with zero attached hydrogens (tertiary/aromatic N) is 4. The third-order valence-electron chi connectivity index (χ3n) is 6.98. The van der Waals surface area contributed by atoms with Gasteiger partial charge in [0.15, 0.2) is 0 Å². The molecular formula is C32H18N4. The van der Waals surface area contributed by atoms with E-state index in [0.29, 0.717) is 11.3 Å². The van der Waals surface area contributed by atoms with Gasteiger partial charge in [0.2, 0.25) is 5.69 Å². The summed E-state index contributed by atoms with van der Waals surface area (Å²) in [6.45, 7) is 7.98. The van der Waals surface area contributed by atoms with Gasteiger partial charge < -0.3 is 9.13 Å². The Hall–Kier alpha value is -5.32. The fourth-order valence-corrected chi connectivity index (χ4v) is 5.47. The molecule has 2 aromatic heterocycles. The molecule has 0 amide bonds. The van der Waals surface area contributed by atoms with Crippen molar-refractivity contribution in [1.82, 2.24) is 9.13 Å². The van der Waals surface area contributed by atoms with Crippen molar-refractivity contribution in [1.29, 1.82) is 5.26 Å². The van der Waals surface area contributed by atoms with Crippen molar-refractivity contribution in [3.05, 3.63) is 126 Å². The Labute approximate surface area is 207 Å². The molecule has 4 nitrogen and oxygen atoms in total. The molecule has 0 spiro atoms. The molecule has 36 heavy (non-hydrogen) atoms. The molecule has 0 aliphatic rings. The topological polar surface area (TPSA) is 38.0 Å². The molecule has 0 unspecified atom stereocenters. The summed E-state index contributed by atoms with van der Waals surface area (Å²) >= 11 is 0. The molecule has 0 saturated carbocycles. The number of hydrogen-bond acceptors (Lipinski definition) is 1. The van der Waals surface area contributed by atoms with Crippen molar-refractivity contribution in [3.8, 4) is 17.4 Å². The summed E-state index contributed by atoms with van der Waals surface area (Å²) in [7, 11) is 0. The Morgan fingerprint density at radius 3 is 1.33 bits per heavy atom. The first-order chi connectivity index (χ1) is 17.8. The maximum absolute atomic E-state index is 10.2. The molecule has 0 atom stereocenters. The lowest BCUT2D eigenvalue weighted by Crippen LogP contribution is -2.02. The first-order valence-corrected chi connectivity index (χ1v) is 11.7. The molecule has 0 saturated heterocycles. The molecule has 2 heterocycles. The van der Waals surface area contributed by atoms with E-state index >= 15 is 0 Å². The number of aromatic nitrogens is 2. The average molecular weight is 459 g/mol. The van der Waals surface area contributed by atoms with Crippen LogP contribution in [0.15, 0.2) is 109 Å².